The van der Waals surface area contributed by atoms with Gasteiger partial charge >= 0.3 is 71.3 Å². The number of aliphatic hydroxyl groups excluding tert-OH is 1. The van der Waals surface area contributed by atoms with Gasteiger partial charge in [0.2, 0.25) is 0 Å². The van der Waals surface area contributed by atoms with E-state index in [0.29, 0.717) is 0 Å². The van der Waals surface area contributed by atoms with Crippen LogP contribution in [-0.4, -0.2) is 126 Å². The van der Waals surface area contributed by atoms with E-state index in [2.05, 4.69) is 0 Å². The zero-order valence-corrected chi connectivity index (χ0v) is 24.0. The maximum absolute atomic E-state index is 14.0. The van der Waals surface area contributed by atoms with Crippen molar-refractivity contribution in [3.63, 3.8) is 0 Å². The minimum absolute atomic E-state index is 0.0261. The molecule has 0 aliphatic carbocycles. The Hall–Kier alpha value is -1.48. The summed E-state index contributed by atoms with van der Waals surface area (Å²) in [6.07, 6.45) is -12.4. The van der Waals surface area contributed by atoms with E-state index in [0.717, 1.165) is 0 Å². The van der Waals surface area contributed by atoms with Crippen LogP contribution in [0.2, 0.25) is 0 Å². The van der Waals surface area contributed by atoms with E-state index in [4.69, 9.17) is 0 Å². The number of thioether (sulfide) groups is 1. The summed E-state index contributed by atoms with van der Waals surface area (Å²) in [5.41, 5.74) is 0. The van der Waals surface area contributed by atoms with Gasteiger partial charge in [-0.15, -0.1) is 0 Å². The van der Waals surface area contributed by atoms with Gasteiger partial charge in [0.15, 0.2) is 0 Å². The molecule has 0 aromatic heterocycles. The van der Waals surface area contributed by atoms with E-state index in [1.54, 1.807) is 0 Å². The molecule has 48 heavy (non-hydrogen) atoms. The van der Waals surface area contributed by atoms with Crippen LogP contribution in [0.15, 0.2) is 0 Å². The average Bonchev–Trinajstić information content (AvgIpc) is 2.83. The molecule has 0 amide bonds. The maximum Gasteiger partial charge on any atom is 0.460 e. The number of rotatable bonds is 17. The second-order valence-corrected chi connectivity index (χ2v) is 12.0. The lowest BCUT2D eigenvalue weighted by Gasteiger charge is -2.45. The molecule has 0 bridgehead atoms. The third kappa shape index (κ3) is 6.90. The highest BCUT2D eigenvalue weighted by Crippen LogP contribution is 2.67. The predicted molar refractivity (Wildman–Crippen MR) is 111 cm³/mol. The molecule has 0 aromatic rings. The Morgan fingerprint density at radius 1 is 0.438 bits per heavy atom. The second-order valence-electron chi connectivity index (χ2n) is 10.9. The van der Waals surface area contributed by atoms with Crippen molar-refractivity contribution in [1.82, 2.24) is 0 Å². The SMILES string of the molecule is C[N+](C)(C)CC(O)CSCCC(F)(F)C(F)(F)C(F)(F)C(F)(F)C(F)(F)C(F)(F)C(F)(F)C(F)(F)C(F)(F)C(F)(F)C(F)(F)C(F)(F)F. The fraction of sp³-hybridized carbons (Fsp3) is 1.00. The van der Waals surface area contributed by atoms with Gasteiger partial charge in [-0.3, -0.25) is 0 Å². The van der Waals surface area contributed by atoms with Crippen LogP contribution >= 0.6 is 11.8 Å². The second kappa shape index (κ2) is 12.6. The molecule has 0 aromatic carbocycles. The summed E-state index contributed by atoms with van der Waals surface area (Å²) in [5.74, 6) is -100. The minimum Gasteiger partial charge on any atom is -0.386 e. The standard InChI is InChI=1S/C20H19F25NOS/c1-46(2,3)6-8(47)7-48-5-4-9(21,22)10(23,24)11(25,26)12(27,28)13(29,30)14(31,32)15(33,34)16(35,36)17(37,38)18(39,40)19(41,42)20(43,44)45/h8,47H,4-7H2,1-3H3/q+1. The lowest BCUT2D eigenvalue weighted by Crippen LogP contribution is -2.78. The molecule has 0 aliphatic heterocycles. The zero-order valence-electron chi connectivity index (χ0n) is 23.2. The van der Waals surface area contributed by atoms with Gasteiger partial charge in [-0.1, -0.05) is 0 Å². The number of alkyl halides is 25. The molecule has 28 heteroatoms. The summed E-state index contributed by atoms with van der Waals surface area (Å²) in [6, 6.07) is 0. The average molecular weight is 796 g/mol. The van der Waals surface area contributed by atoms with Crippen molar-refractivity contribution in [3.05, 3.63) is 0 Å². The first-order valence-corrected chi connectivity index (χ1v) is 12.8. The summed E-state index contributed by atoms with van der Waals surface area (Å²) in [4.78, 5) is 0. The van der Waals surface area contributed by atoms with Crippen molar-refractivity contribution >= 4 is 11.8 Å². The molecule has 1 unspecified atom stereocenters. The number of hydrogen-bond acceptors (Lipinski definition) is 2. The molecule has 0 saturated heterocycles. The fourth-order valence-electron chi connectivity index (χ4n) is 3.25. The molecule has 1 atom stereocenters. The fourth-order valence-corrected chi connectivity index (χ4v) is 4.19. The van der Waals surface area contributed by atoms with E-state index >= 15 is 0 Å². The lowest BCUT2D eigenvalue weighted by molar-refractivity contribution is -0.873. The van der Waals surface area contributed by atoms with E-state index < -0.39 is 95.4 Å². The molecule has 0 saturated carbocycles. The molecule has 0 heterocycles. The van der Waals surface area contributed by atoms with Crippen LogP contribution in [0.4, 0.5) is 110 Å². The maximum atomic E-state index is 14.0. The predicted octanol–water partition coefficient (Wildman–Crippen LogP) is 8.73. The highest BCUT2D eigenvalue weighted by molar-refractivity contribution is 7.99. The van der Waals surface area contributed by atoms with Crippen molar-refractivity contribution in [2.75, 3.05) is 39.2 Å². The van der Waals surface area contributed by atoms with Crippen molar-refractivity contribution in [3.8, 4) is 0 Å². The van der Waals surface area contributed by atoms with E-state index in [-0.39, 0.29) is 22.8 Å². The quantitative estimate of drug-likeness (QED) is 0.0904. The summed E-state index contributed by atoms with van der Waals surface area (Å²) >= 11 is -0.0261. The van der Waals surface area contributed by atoms with Gasteiger partial charge in [-0.05, 0) is 5.75 Å². The van der Waals surface area contributed by atoms with Crippen LogP contribution in [0.25, 0.3) is 0 Å². The van der Waals surface area contributed by atoms with E-state index in [1.165, 1.54) is 21.1 Å². The van der Waals surface area contributed by atoms with Gasteiger partial charge in [-0.2, -0.15) is 122 Å². The Bertz CT molecular complexity index is 1110. The number of hydrogen-bond donors (Lipinski definition) is 1. The molecular weight excluding hydrogens is 777 g/mol. The molecular formula is C20H19F25NOS+. The molecule has 0 aliphatic rings. The van der Waals surface area contributed by atoms with Gasteiger partial charge in [0.05, 0.1) is 21.1 Å². The number of aliphatic hydroxyl groups is 1. The van der Waals surface area contributed by atoms with E-state index in [9.17, 15) is 115 Å². The van der Waals surface area contributed by atoms with Crippen LogP contribution in [0.5, 0.6) is 0 Å². The molecule has 0 rings (SSSR count). The number of halogens is 25. The molecule has 0 spiro atoms. The van der Waals surface area contributed by atoms with Gasteiger partial charge in [0.25, 0.3) is 0 Å². The Morgan fingerprint density at radius 2 is 0.688 bits per heavy atom. The lowest BCUT2D eigenvalue weighted by atomic mass is 9.84. The van der Waals surface area contributed by atoms with Crippen molar-refractivity contribution in [2.45, 2.75) is 83.8 Å². The molecule has 0 radical (unpaired) electrons. The smallest absolute Gasteiger partial charge is 0.386 e. The Balaban J connectivity index is 6.82. The molecule has 290 valence electrons. The molecule has 2 nitrogen and oxygen atoms in total. The largest absolute Gasteiger partial charge is 0.460 e. The van der Waals surface area contributed by atoms with Gasteiger partial charge in [0, 0.05) is 12.2 Å². The summed E-state index contributed by atoms with van der Waals surface area (Å²) in [7, 11) is 4.32. The topological polar surface area (TPSA) is 20.2 Å². The third-order valence-electron chi connectivity index (χ3n) is 5.99. The number of quaternary nitrogens is 1. The Kier molecular flexibility index (Phi) is 12.2. The monoisotopic (exact) mass is 796 g/mol. The molecule has 0 fully saturated rings. The zero-order chi connectivity index (χ0) is 39.6. The van der Waals surface area contributed by atoms with Crippen LogP contribution in [0, 0.1) is 0 Å². The summed E-state index contributed by atoms with van der Waals surface area (Å²) in [6.45, 7) is -0.203. The van der Waals surface area contributed by atoms with Gasteiger partial charge in [-0.25, -0.2) is 0 Å². The van der Waals surface area contributed by atoms with Gasteiger partial charge in [0.1, 0.15) is 12.6 Å². The third-order valence-corrected chi connectivity index (χ3v) is 7.11. The van der Waals surface area contributed by atoms with Crippen LogP contribution in [-0.2, 0) is 0 Å². The first kappa shape index (κ1) is 46.5. The van der Waals surface area contributed by atoms with Crippen LogP contribution in [0.3, 0.4) is 0 Å². The first-order chi connectivity index (χ1) is 20.4. The van der Waals surface area contributed by atoms with E-state index in [1.807, 2.05) is 0 Å². The Labute approximate surface area is 255 Å². The van der Waals surface area contributed by atoms with Gasteiger partial charge < -0.3 is 9.59 Å². The van der Waals surface area contributed by atoms with Crippen molar-refractivity contribution < 1.29 is 119 Å². The van der Waals surface area contributed by atoms with Crippen LogP contribution in [0.1, 0.15) is 6.42 Å². The van der Waals surface area contributed by atoms with Crippen molar-refractivity contribution in [1.29, 1.82) is 0 Å². The van der Waals surface area contributed by atoms with Crippen molar-refractivity contribution in [2.24, 2.45) is 0 Å². The molecule has 1 N–H and O–H groups in total. The number of likely N-dealkylation sites (N-methyl/N-ethyl adjacent to an activating group) is 1. The van der Waals surface area contributed by atoms with Crippen LogP contribution < -0.4 is 0 Å². The first-order valence-electron chi connectivity index (χ1n) is 11.6. The highest BCUT2D eigenvalue weighted by Gasteiger charge is 2.99. The normalized spacial score (nSPS) is 17.2. The number of nitrogens with zero attached hydrogens (tertiary/aromatic N) is 1. The minimum atomic E-state index is -9.60. The Morgan fingerprint density at radius 3 is 0.938 bits per heavy atom. The summed E-state index contributed by atoms with van der Waals surface area (Å²) < 4.78 is 337. The summed E-state index contributed by atoms with van der Waals surface area (Å²) in [5, 5.41) is 9.63. The highest BCUT2D eigenvalue weighted by atomic mass is 32.2.